The summed E-state index contributed by atoms with van der Waals surface area (Å²) in [6.07, 6.45) is 1.40. The molecule has 2 aliphatic rings. The number of carboxylic acids is 2. The highest BCUT2D eigenvalue weighted by molar-refractivity contribution is 8.00. The second-order valence-corrected chi connectivity index (χ2v) is 9.87. The molecule has 0 radical (unpaired) electrons. The van der Waals surface area contributed by atoms with Crippen LogP contribution in [-0.4, -0.2) is 93.7 Å². The van der Waals surface area contributed by atoms with Crippen molar-refractivity contribution in [3.05, 3.63) is 46.9 Å². The number of ether oxygens (including phenoxy) is 3. The van der Waals surface area contributed by atoms with Crippen LogP contribution in [0.15, 0.2) is 41.3 Å². The lowest BCUT2D eigenvalue weighted by Crippen LogP contribution is -2.80. The largest absolute Gasteiger partial charge is 0.508 e. The van der Waals surface area contributed by atoms with E-state index in [1.807, 2.05) is 0 Å². The van der Waals surface area contributed by atoms with E-state index in [1.165, 1.54) is 32.4 Å². The summed E-state index contributed by atoms with van der Waals surface area (Å²) in [4.78, 5) is 62.2. The number of carbonyl (C=O) groups is 5. The maximum Gasteiger partial charge on any atom is 0.373 e. The van der Waals surface area contributed by atoms with Gasteiger partial charge in [0.05, 0.1) is 7.11 Å². The molecule has 15 heteroatoms. The van der Waals surface area contributed by atoms with E-state index in [9.17, 15) is 34.2 Å². The number of methoxy groups -OCH3 is 2. The van der Waals surface area contributed by atoms with E-state index in [0.29, 0.717) is 5.56 Å². The van der Waals surface area contributed by atoms with Crippen molar-refractivity contribution in [2.45, 2.75) is 36.4 Å². The number of benzene rings is 1. The second kappa shape index (κ2) is 12.8. The summed E-state index contributed by atoms with van der Waals surface area (Å²) < 4.78 is 15.7. The number of carbonyl (C=O) groups excluding carboxylic acids is 3. The van der Waals surface area contributed by atoms with Crippen LogP contribution in [0.4, 0.5) is 0 Å². The minimum absolute atomic E-state index is 0.0208. The Morgan fingerprint density at radius 3 is 2.60 bits per heavy atom. The van der Waals surface area contributed by atoms with Crippen molar-refractivity contribution in [2.75, 3.05) is 26.6 Å². The zero-order valence-electron chi connectivity index (χ0n) is 21.6. The third kappa shape index (κ3) is 6.38. The molecule has 1 fully saturated rings. The number of carboxylic acid groups (broad SMARTS) is 2. The van der Waals surface area contributed by atoms with Gasteiger partial charge in [-0.25, -0.2) is 9.59 Å². The number of rotatable bonds is 13. The fourth-order valence-electron chi connectivity index (χ4n) is 4.12. The van der Waals surface area contributed by atoms with Gasteiger partial charge in [-0.1, -0.05) is 12.1 Å². The fraction of sp³-hybridized carbons (Fsp3) is 0.400. The lowest BCUT2D eigenvalue weighted by Gasteiger charge is -2.55. The maximum absolute atomic E-state index is 13.2. The van der Waals surface area contributed by atoms with Gasteiger partial charge in [0.25, 0.3) is 11.6 Å². The normalized spacial score (nSPS) is 21.2. The van der Waals surface area contributed by atoms with Crippen molar-refractivity contribution in [1.29, 1.82) is 0 Å². The highest BCUT2D eigenvalue weighted by Crippen LogP contribution is 2.46. The van der Waals surface area contributed by atoms with Crippen LogP contribution in [0.2, 0.25) is 0 Å². The molecule has 40 heavy (non-hydrogen) atoms. The number of nitrogens with one attached hydrogen (secondary N) is 1. The number of β-lactam (4-membered cyclic amide) rings is 1. The predicted octanol–water partition coefficient (Wildman–Crippen LogP) is 0.218. The Morgan fingerprint density at radius 1 is 1.27 bits per heavy atom. The highest BCUT2D eigenvalue weighted by Gasteiger charge is 2.66. The number of esters is 1. The monoisotopic (exact) mass is 579 g/mol. The topological polar surface area (TPSA) is 215 Å². The Hall–Kier alpha value is -4.08. The van der Waals surface area contributed by atoms with Crippen LogP contribution in [0, 0.1) is 0 Å². The van der Waals surface area contributed by atoms with Gasteiger partial charge in [0.15, 0.2) is 0 Å². The van der Waals surface area contributed by atoms with Gasteiger partial charge in [-0.2, -0.15) is 0 Å². The zero-order valence-corrected chi connectivity index (χ0v) is 22.4. The van der Waals surface area contributed by atoms with E-state index in [1.54, 1.807) is 12.1 Å². The van der Waals surface area contributed by atoms with E-state index in [0.717, 1.165) is 16.7 Å². The Bertz CT molecular complexity index is 1260. The van der Waals surface area contributed by atoms with Crippen LogP contribution in [0.5, 0.6) is 5.75 Å². The summed E-state index contributed by atoms with van der Waals surface area (Å²) in [5.74, 6) is -5.14. The number of aliphatic carboxylic acids is 2. The van der Waals surface area contributed by atoms with Crippen LogP contribution >= 0.6 is 11.8 Å². The van der Waals surface area contributed by atoms with E-state index in [4.69, 9.17) is 25.1 Å². The third-order valence-corrected chi connectivity index (χ3v) is 7.54. The molecule has 1 aromatic rings. The van der Waals surface area contributed by atoms with Gasteiger partial charge >= 0.3 is 17.9 Å². The molecule has 0 bridgehead atoms. The molecule has 3 atom stereocenters. The summed E-state index contributed by atoms with van der Waals surface area (Å²) in [6, 6.07) is 4.92. The third-order valence-electron chi connectivity index (χ3n) is 6.16. The first-order valence-corrected chi connectivity index (χ1v) is 13.0. The molecule has 3 rings (SSSR count). The van der Waals surface area contributed by atoms with Crippen molar-refractivity contribution >= 4 is 47.6 Å². The van der Waals surface area contributed by atoms with Gasteiger partial charge in [0.1, 0.15) is 29.5 Å². The molecule has 216 valence electrons. The molecule has 2 amide bonds. The van der Waals surface area contributed by atoms with E-state index < -0.39 is 59.2 Å². The van der Waals surface area contributed by atoms with Crippen molar-refractivity contribution in [1.82, 2.24) is 10.2 Å². The van der Waals surface area contributed by atoms with Gasteiger partial charge in [0, 0.05) is 24.9 Å². The molecular formula is C25H29N3O11S. The Balaban J connectivity index is 1.71. The van der Waals surface area contributed by atoms with Crippen molar-refractivity contribution in [2.24, 2.45) is 5.73 Å². The molecule has 0 spiro atoms. The number of aromatic hydroxyl groups is 1. The molecule has 0 aliphatic carbocycles. The molecule has 0 aromatic heterocycles. The first-order valence-electron chi connectivity index (χ1n) is 11.9. The van der Waals surface area contributed by atoms with Crippen LogP contribution in [-0.2, 0) is 38.2 Å². The van der Waals surface area contributed by atoms with Gasteiger partial charge in [-0.15, -0.1) is 11.8 Å². The van der Waals surface area contributed by atoms with Crippen molar-refractivity contribution in [3.8, 4) is 5.75 Å². The summed E-state index contributed by atoms with van der Waals surface area (Å²) in [6.45, 7) is -0.457. The molecule has 2 heterocycles. The average Bonchev–Trinajstić information content (AvgIpc) is 2.92. The smallest absolute Gasteiger partial charge is 0.373 e. The van der Waals surface area contributed by atoms with Crippen LogP contribution in [0.25, 0.3) is 6.08 Å². The van der Waals surface area contributed by atoms with E-state index >= 15 is 0 Å². The molecule has 14 nitrogen and oxygen atoms in total. The molecule has 1 aromatic carbocycles. The number of phenolic OH excluding ortho intramolecular Hbond substituents is 1. The Kier molecular flexibility index (Phi) is 9.78. The van der Waals surface area contributed by atoms with Gasteiger partial charge in [0.2, 0.25) is 11.7 Å². The first-order chi connectivity index (χ1) is 18.9. The summed E-state index contributed by atoms with van der Waals surface area (Å²) in [7, 11) is 2.44. The standard InChI is InChI=1S/C25H29N3O11S/c1-37-17(10-13-5-3-6-15(29)9-13)22(35)39-11-14-12-40-24-25(38-2,23(36)28(24)19(14)21(33)34)27-18(30)8-4-7-16(26)20(31)32/h3,5-6,9-10,16,24,29H,4,7-8,11-12,26H2,1-2H3,(H,27,30)(H,31,32)(H,33,34)/b17-10+/t16-,24+,25?/m0/s1. The first kappa shape index (κ1) is 30.5. The van der Waals surface area contributed by atoms with E-state index in [2.05, 4.69) is 5.32 Å². The van der Waals surface area contributed by atoms with Crippen molar-refractivity contribution in [3.63, 3.8) is 0 Å². The quantitative estimate of drug-likeness (QED) is 0.0696. The number of thioether (sulfide) groups is 1. The van der Waals surface area contributed by atoms with Gasteiger partial charge in [-0.3, -0.25) is 19.3 Å². The average molecular weight is 580 g/mol. The van der Waals surface area contributed by atoms with Crippen molar-refractivity contribution < 1.29 is 53.5 Å². The zero-order chi connectivity index (χ0) is 29.6. The lowest BCUT2D eigenvalue weighted by molar-refractivity contribution is -0.192. The van der Waals surface area contributed by atoms with Gasteiger partial charge in [-0.05, 0) is 36.6 Å². The SMILES string of the molecule is CO/C(=C/c1cccc(O)c1)C(=O)OCC1=C(C(=O)O)N2C(=O)C(NC(=O)CCC[C@H](N)C(=O)O)(OC)[C@H]2SC1. The molecule has 0 saturated carbocycles. The number of nitrogens with two attached hydrogens (primary N) is 1. The van der Waals surface area contributed by atoms with E-state index in [-0.39, 0.29) is 42.1 Å². The number of nitrogens with zero attached hydrogens (tertiary/aromatic N) is 1. The minimum Gasteiger partial charge on any atom is -0.508 e. The summed E-state index contributed by atoms with van der Waals surface area (Å²) >= 11 is 1.10. The number of phenols is 1. The predicted molar refractivity (Wildman–Crippen MR) is 139 cm³/mol. The Labute approximate surface area is 232 Å². The molecule has 1 saturated heterocycles. The summed E-state index contributed by atoms with van der Waals surface area (Å²) in [5, 5.41) is 29.9. The minimum atomic E-state index is -1.83. The number of hydrogen-bond donors (Lipinski definition) is 5. The second-order valence-electron chi connectivity index (χ2n) is 8.80. The number of fused-ring (bicyclic) bond motifs is 1. The fourth-order valence-corrected chi connectivity index (χ4v) is 5.54. The maximum atomic E-state index is 13.2. The Morgan fingerprint density at radius 2 is 2.00 bits per heavy atom. The van der Waals surface area contributed by atoms with Crippen LogP contribution < -0.4 is 11.1 Å². The molecule has 6 N–H and O–H groups in total. The molecule has 1 unspecified atom stereocenters. The van der Waals surface area contributed by atoms with Gasteiger partial charge < -0.3 is 40.6 Å². The number of amides is 2. The molecular weight excluding hydrogens is 550 g/mol. The highest BCUT2D eigenvalue weighted by atomic mass is 32.2. The molecule has 2 aliphatic heterocycles. The lowest BCUT2D eigenvalue weighted by atomic mass is 9.97. The van der Waals surface area contributed by atoms with Crippen LogP contribution in [0.3, 0.4) is 0 Å². The number of hydrogen-bond acceptors (Lipinski definition) is 11. The summed E-state index contributed by atoms with van der Waals surface area (Å²) in [5.41, 5.74) is 3.82. The van der Waals surface area contributed by atoms with Crippen LogP contribution in [0.1, 0.15) is 24.8 Å².